The molecule has 4 nitrogen and oxygen atoms in total. The van der Waals surface area contributed by atoms with Crippen molar-refractivity contribution in [3.05, 3.63) is 0 Å². The Balaban J connectivity index is 3.93. The predicted octanol–water partition coefficient (Wildman–Crippen LogP) is 1.81. The standard InChI is InChI=1S/C13H25N3O/c1-12(2,7-8-14)6-5-11(17)16-10-13(3,4)9-15/h5-8,10,14H2,1-4H3,(H,16,17). The quantitative estimate of drug-likeness (QED) is 0.711. The summed E-state index contributed by atoms with van der Waals surface area (Å²) >= 11 is 0. The second-order valence-electron chi connectivity index (χ2n) is 5.98. The summed E-state index contributed by atoms with van der Waals surface area (Å²) in [5.74, 6) is 0.0124. The van der Waals surface area contributed by atoms with Crippen LogP contribution in [0.25, 0.3) is 0 Å². The van der Waals surface area contributed by atoms with E-state index in [1.54, 1.807) is 0 Å². The number of hydrogen-bond donors (Lipinski definition) is 2. The molecule has 0 bridgehead atoms. The van der Waals surface area contributed by atoms with Crippen molar-refractivity contribution in [1.82, 2.24) is 5.32 Å². The zero-order valence-corrected chi connectivity index (χ0v) is 11.5. The molecule has 0 radical (unpaired) electrons. The van der Waals surface area contributed by atoms with E-state index in [0.717, 1.165) is 12.8 Å². The van der Waals surface area contributed by atoms with E-state index in [-0.39, 0.29) is 11.3 Å². The van der Waals surface area contributed by atoms with Crippen molar-refractivity contribution in [2.45, 2.75) is 47.0 Å². The zero-order chi connectivity index (χ0) is 13.5. The van der Waals surface area contributed by atoms with Crippen molar-refractivity contribution in [3.63, 3.8) is 0 Å². The van der Waals surface area contributed by atoms with Crippen molar-refractivity contribution in [1.29, 1.82) is 5.26 Å². The number of nitriles is 1. The molecule has 0 saturated heterocycles. The number of hydrogen-bond acceptors (Lipinski definition) is 3. The maximum absolute atomic E-state index is 11.6. The molecular weight excluding hydrogens is 214 g/mol. The van der Waals surface area contributed by atoms with Crippen LogP contribution >= 0.6 is 0 Å². The number of nitrogens with one attached hydrogen (secondary N) is 1. The second kappa shape index (κ2) is 6.61. The molecule has 0 heterocycles. The Kier molecular flexibility index (Phi) is 6.19. The number of carbonyl (C=O) groups excluding carboxylic acids is 1. The molecule has 98 valence electrons. The Hall–Kier alpha value is -1.08. The van der Waals surface area contributed by atoms with Crippen molar-refractivity contribution in [3.8, 4) is 6.07 Å². The van der Waals surface area contributed by atoms with Gasteiger partial charge in [0.05, 0.1) is 11.5 Å². The summed E-state index contributed by atoms with van der Waals surface area (Å²) in [6.07, 6.45) is 2.24. The van der Waals surface area contributed by atoms with E-state index >= 15 is 0 Å². The summed E-state index contributed by atoms with van der Waals surface area (Å²) in [5.41, 5.74) is 5.13. The fourth-order valence-corrected chi connectivity index (χ4v) is 1.42. The fraction of sp³-hybridized carbons (Fsp3) is 0.846. The van der Waals surface area contributed by atoms with E-state index in [0.29, 0.717) is 19.5 Å². The van der Waals surface area contributed by atoms with Crippen LogP contribution in [0.1, 0.15) is 47.0 Å². The number of rotatable bonds is 7. The molecule has 17 heavy (non-hydrogen) atoms. The number of amides is 1. The molecule has 1 amide bonds. The molecule has 0 atom stereocenters. The van der Waals surface area contributed by atoms with Gasteiger partial charge in [-0.3, -0.25) is 4.79 Å². The third-order valence-corrected chi connectivity index (χ3v) is 2.88. The molecule has 0 unspecified atom stereocenters. The van der Waals surface area contributed by atoms with Gasteiger partial charge in [0, 0.05) is 13.0 Å². The summed E-state index contributed by atoms with van der Waals surface area (Å²) in [4.78, 5) is 11.6. The second-order valence-corrected chi connectivity index (χ2v) is 5.98. The zero-order valence-electron chi connectivity index (χ0n) is 11.5. The highest BCUT2D eigenvalue weighted by molar-refractivity contribution is 5.75. The van der Waals surface area contributed by atoms with Crippen molar-refractivity contribution < 1.29 is 4.79 Å². The fourth-order valence-electron chi connectivity index (χ4n) is 1.42. The SMILES string of the molecule is CC(C)(C#N)CNC(=O)CCC(C)(C)CCN. The van der Waals surface area contributed by atoms with Gasteiger partial charge in [-0.25, -0.2) is 0 Å². The lowest BCUT2D eigenvalue weighted by atomic mass is 9.84. The van der Waals surface area contributed by atoms with Crippen LogP contribution in [0.2, 0.25) is 0 Å². The number of nitrogens with two attached hydrogens (primary N) is 1. The highest BCUT2D eigenvalue weighted by atomic mass is 16.1. The Labute approximate surface area is 105 Å². The molecular formula is C13H25N3O. The van der Waals surface area contributed by atoms with Crippen molar-refractivity contribution in [2.24, 2.45) is 16.6 Å². The van der Waals surface area contributed by atoms with Crippen molar-refractivity contribution in [2.75, 3.05) is 13.1 Å². The molecule has 0 aromatic rings. The minimum Gasteiger partial charge on any atom is -0.355 e. The van der Waals surface area contributed by atoms with E-state index in [1.165, 1.54) is 0 Å². The molecule has 0 aliphatic heterocycles. The largest absolute Gasteiger partial charge is 0.355 e. The van der Waals surface area contributed by atoms with Crippen molar-refractivity contribution >= 4 is 5.91 Å². The first-order valence-corrected chi connectivity index (χ1v) is 6.10. The first-order valence-electron chi connectivity index (χ1n) is 6.10. The van der Waals surface area contributed by atoms with Gasteiger partial charge in [-0.05, 0) is 38.6 Å². The van der Waals surface area contributed by atoms with Gasteiger partial charge >= 0.3 is 0 Å². The average molecular weight is 239 g/mol. The van der Waals surface area contributed by atoms with Crippen LogP contribution in [0, 0.1) is 22.2 Å². The topological polar surface area (TPSA) is 78.9 Å². The Morgan fingerprint density at radius 2 is 1.88 bits per heavy atom. The van der Waals surface area contributed by atoms with Gasteiger partial charge < -0.3 is 11.1 Å². The highest BCUT2D eigenvalue weighted by Crippen LogP contribution is 2.25. The van der Waals surface area contributed by atoms with Crippen LogP contribution in [0.15, 0.2) is 0 Å². The lowest BCUT2D eigenvalue weighted by molar-refractivity contribution is -0.121. The van der Waals surface area contributed by atoms with Crippen LogP contribution in [-0.2, 0) is 4.79 Å². The van der Waals surface area contributed by atoms with Gasteiger partial charge in [0.15, 0.2) is 0 Å². The Morgan fingerprint density at radius 3 is 2.35 bits per heavy atom. The molecule has 0 rings (SSSR count). The van der Waals surface area contributed by atoms with Crippen LogP contribution in [-0.4, -0.2) is 19.0 Å². The molecule has 3 N–H and O–H groups in total. The highest BCUT2D eigenvalue weighted by Gasteiger charge is 2.20. The minimum atomic E-state index is -0.498. The molecule has 0 saturated carbocycles. The summed E-state index contributed by atoms with van der Waals surface area (Å²) in [6, 6.07) is 2.16. The Morgan fingerprint density at radius 1 is 1.29 bits per heavy atom. The monoisotopic (exact) mass is 239 g/mol. The van der Waals surface area contributed by atoms with Gasteiger partial charge in [0.25, 0.3) is 0 Å². The van der Waals surface area contributed by atoms with E-state index in [4.69, 9.17) is 11.0 Å². The van der Waals surface area contributed by atoms with E-state index in [2.05, 4.69) is 25.2 Å². The maximum atomic E-state index is 11.6. The van der Waals surface area contributed by atoms with E-state index < -0.39 is 5.41 Å². The molecule has 0 aromatic carbocycles. The first-order chi connectivity index (χ1) is 7.72. The maximum Gasteiger partial charge on any atom is 0.220 e. The number of nitrogens with zero attached hydrogens (tertiary/aromatic N) is 1. The minimum absolute atomic E-state index is 0.0124. The summed E-state index contributed by atoms with van der Waals surface area (Å²) < 4.78 is 0. The predicted molar refractivity (Wildman–Crippen MR) is 69.1 cm³/mol. The normalized spacial score (nSPS) is 12.0. The summed E-state index contributed by atoms with van der Waals surface area (Å²) in [5, 5.41) is 11.6. The van der Waals surface area contributed by atoms with Crippen LogP contribution in [0.3, 0.4) is 0 Å². The van der Waals surface area contributed by atoms with E-state index in [9.17, 15) is 4.79 Å². The molecule has 0 fully saturated rings. The third-order valence-electron chi connectivity index (χ3n) is 2.88. The van der Waals surface area contributed by atoms with E-state index in [1.807, 2.05) is 13.8 Å². The molecule has 0 aromatic heterocycles. The van der Waals surface area contributed by atoms with Crippen LogP contribution < -0.4 is 11.1 Å². The smallest absolute Gasteiger partial charge is 0.220 e. The van der Waals surface area contributed by atoms with Crippen LogP contribution in [0.4, 0.5) is 0 Å². The molecule has 0 aliphatic rings. The van der Waals surface area contributed by atoms with Gasteiger partial charge in [0.1, 0.15) is 0 Å². The van der Waals surface area contributed by atoms with Gasteiger partial charge in [-0.2, -0.15) is 5.26 Å². The Bertz CT molecular complexity index is 290. The first kappa shape index (κ1) is 15.9. The third kappa shape index (κ3) is 7.76. The molecule has 4 heteroatoms. The van der Waals surface area contributed by atoms with Gasteiger partial charge in [0.2, 0.25) is 5.91 Å². The lowest BCUT2D eigenvalue weighted by Gasteiger charge is -2.23. The summed E-state index contributed by atoms with van der Waals surface area (Å²) in [6.45, 7) is 8.91. The molecule has 0 aliphatic carbocycles. The van der Waals surface area contributed by atoms with Crippen LogP contribution in [0.5, 0.6) is 0 Å². The molecule has 0 spiro atoms. The van der Waals surface area contributed by atoms with Gasteiger partial charge in [-0.15, -0.1) is 0 Å². The van der Waals surface area contributed by atoms with Gasteiger partial charge in [-0.1, -0.05) is 13.8 Å². The summed E-state index contributed by atoms with van der Waals surface area (Å²) in [7, 11) is 0. The lowest BCUT2D eigenvalue weighted by Crippen LogP contribution is -2.33. The average Bonchev–Trinajstić information content (AvgIpc) is 2.24. The number of carbonyl (C=O) groups is 1.